The lowest BCUT2D eigenvalue weighted by molar-refractivity contribution is -0.123. The van der Waals surface area contributed by atoms with E-state index in [1.807, 2.05) is 0 Å². The van der Waals surface area contributed by atoms with Gasteiger partial charge in [0.05, 0.1) is 5.71 Å². The molecular weight excluding hydrogens is 256 g/mol. The van der Waals surface area contributed by atoms with Crippen molar-refractivity contribution in [3.63, 3.8) is 0 Å². The molecule has 0 aliphatic carbocycles. The molecule has 0 bridgehead atoms. The number of hydrogen-bond donors (Lipinski definition) is 2. The van der Waals surface area contributed by atoms with Gasteiger partial charge in [0.2, 0.25) is 0 Å². The molecule has 0 saturated carbocycles. The first kappa shape index (κ1) is 16.0. The van der Waals surface area contributed by atoms with Crippen molar-refractivity contribution in [1.82, 2.24) is 5.32 Å². The van der Waals surface area contributed by atoms with E-state index in [-0.39, 0.29) is 12.5 Å². The van der Waals surface area contributed by atoms with Crippen LogP contribution >= 0.6 is 0 Å². The summed E-state index contributed by atoms with van der Waals surface area (Å²) in [5.74, 6) is 1.06. The number of hydrogen-bond acceptors (Lipinski definition) is 4. The maximum atomic E-state index is 11.5. The van der Waals surface area contributed by atoms with Gasteiger partial charge in [-0.05, 0) is 49.1 Å². The molecule has 0 saturated heterocycles. The average Bonchev–Trinajstić information content (AvgIpc) is 2.44. The number of amides is 1. The lowest BCUT2D eigenvalue weighted by atomic mass is 10.1. The second-order valence-corrected chi connectivity index (χ2v) is 5.03. The van der Waals surface area contributed by atoms with E-state index in [9.17, 15) is 4.79 Å². The third-order valence-corrected chi connectivity index (χ3v) is 2.84. The highest BCUT2D eigenvalue weighted by Gasteiger charge is 2.04. The van der Waals surface area contributed by atoms with Crippen LogP contribution < -0.4 is 10.1 Å². The van der Waals surface area contributed by atoms with Gasteiger partial charge in [0.25, 0.3) is 5.91 Å². The molecule has 5 heteroatoms. The van der Waals surface area contributed by atoms with Crippen LogP contribution in [0.3, 0.4) is 0 Å². The molecule has 0 spiro atoms. The number of carbonyl (C=O) groups excluding carboxylic acids is 1. The Morgan fingerprint density at radius 3 is 2.55 bits per heavy atom. The van der Waals surface area contributed by atoms with E-state index in [4.69, 9.17) is 9.94 Å². The molecule has 0 fully saturated rings. The number of rotatable bonds is 7. The lowest BCUT2D eigenvalue weighted by Gasteiger charge is -2.09. The molecule has 0 unspecified atom stereocenters. The Morgan fingerprint density at radius 1 is 1.35 bits per heavy atom. The van der Waals surface area contributed by atoms with E-state index in [1.165, 1.54) is 0 Å². The van der Waals surface area contributed by atoms with Gasteiger partial charge in [-0.2, -0.15) is 0 Å². The van der Waals surface area contributed by atoms with Gasteiger partial charge < -0.3 is 15.3 Å². The summed E-state index contributed by atoms with van der Waals surface area (Å²) in [5, 5.41) is 14.6. The van der Waals surface area contributed by atoms with Crippen molar-refractivity contribution < 1.29 is 14.7 Å². The molecule has 1 aromatic rings. The van der Waals surface area contributed by atoms with E-state index < -0.39 is 0 Å². The largest absolute Gasteiger partial charge is 0.484 e. The fourth-order valence-corrected chi connectivity index (χ4v) is 1.55. The summed E-state index contributed by atoms with van der Waals surface area (Å²) in [5.41, 5.74) is 1.34. The third kappa shape index (κ3) is 5.73. The highest BCUT2D eigenvalue weighted by Crippen LogP contribution is 2.12. The summed E-state index contributed by atoms with van der Waals surface area (Å²) in [6.07, 6.45) is 0.959. The Balaban J connectivity index is 2.36. The van der Waals surface area contributed by atoms with Crippen molar-refractivity contribution >= 4 is 11.6 Å². The first-order chi connectivity index (χ1) is 9.52. The van der Waals surface area contributed by atoms with Crippen molar-refractivity contribution in [3.8, 4) is 5.75 Å². The summed E-state index contributed by atoms with van der Waals surface area (Å²) in [6, 6.07) is 7.04. The lowest BCUT2D eigenvalue weighted by Crippen LogP contribution is -2.30. The molecule has 0 atom stereocenters. The minimum atomic E-state index is -0.122. The molecule has 0 aliphatic heterocycles. The number of nitrogens with one attached hydrogen (secondary N) is 1. The quantitative estimate of drug-likeness (QED) is 0.457. The van der Waals surface area contributed by atoms with Crippen molar-refractivity contribution in [1.29, 1.82) is 0 Å². The SMILES string of the molecule is CC(=NO)c1ccc(OCC(=O)NCCC(C)C)cc1. The van der Waals surface area contributed by atoms with Crippen LogP contribution in [0.25, 0.3) is 0 Å². The molecule has 1 aromatic carbocycles. The molecule has 2 N–H and O–H groups in total. The van der Waals surface area contributed by atoms with Gasteiger partial charge >= 0.3 is 0 Å². The predicted molar refractivity (Wildman–Crippen MR) is 78.4 cm³/mol. The van der Waals surface area contributed by atoms with Crippen LogP contribution in [0.15, 0.2) is 29.4 Å². The minimum Gasteiger partial charge on any atom is -0.484 e. The maximum absolute atomic E-state index is 11.5. The fraction of sp³-hybridized carbons (Fsp3) is 0.467. The van der Waals surface area contributed by atoms with E-state index in [0.29, 0.717) is 23.9 Å². The molecule has 0 heterocycles. The van der Waals surface area contributed by atoms with Gasteiger partial charge in [0.1, 0.15) is 5.75 Å². The molecule has 0 aliphatic rings. The van der Waals surface area contributed by atoms with Crippen LogP contribution in [0.2, 0.25) is 0 Å². The number of oxime groups is 1. The second kappa shape index (κ2) is 8.19. The fourth-order valence-electron chi connectivity index (χ4n) is 1.55. The first-order valence-electron chi connectivity index (χ1n) is 6.71. The van der Waals surface area contributed by atoms with Crippen LogP contribution in [-0.4, -0.2) is 30.0 Å². The molecular formula is C15H22N2O3. The maximum Gasteiger partial charge on any atom is 0.257 e. The molecule has 5 nitrogen and oxygen atoms in total. The molecule has 110 valence electrons. The van der Waals surface area contributed by atoms with Crippen LogP contribution in [0.5, 0.6) is 5.75 Å². The number of benzene rings is 1. The third-order valence-electron chi connectivity index (χ3n) is 2.84. The van der Waals surface area contributed by atoms with Gasteiger partial charge in [-0.3, -0.25) is 4.79 Å². The normalized spacial score (nSPS) is 11.5. The Kier molecular flexibility index (Phi) is 6.56. The summed E-state index contributed by atoms with van der Waals surface area (Å²) in [6.45, 7) is 6.61. The van der Waals surface area contributed by atoms with Crippen LogP contribution in [-0.2, 0) is 4.79 Å². The summed E-state index contributed by atoms with van der Waals surface area (Å²) in [7, 11) is 0. The Bertz CT molecular complexity index is 453. The number of nitrogens with zero attached hydrogens (tertiary/aromatic N) is 1. The number of carbonyl (C=O) groups is 1. The summed E-state index contributed by atoms with van der Waals surface area (Å²) >= 11 is 0. The molecule has 0 aromatic heterocycles. The number of ether oxygens (including phenoxy) is 1. The first-order valence-corrected chi connectivity index (χ1v) is 6.71. The Morgan fingerprint density at radius 2 is 2.00 bits per heavy atom. The van der Waals surface area contributed by atoms with E-state index >= 15 is 0 Å². The van der Waals surface area contributed by atoms with Crippen LogP contribution in [0.4, 0.5) is 0 Å². The van der Waals surface area contributed by atoms with Crippen molar-refractivity contribution in [2.75, 3.05) is 13.2 Å². The molecule has 0 radical (unpaired) electrons. The Labute approximate surface area is 119 Å². The van der Waals surface area contributed by atoms with Gasteiger partial charge in [-0.15, -0.1) is 0 Å². The highest BCUT2D eigenvalue weighted by molar-refractivity contribution is 5.98. The highest BCUT2D eigenvalue weighted by atomic mass is 16.5. The van der Waals surface area contributed by atoms with Crippen molar-refractivity contribution in [2.45, 2.75) is 27.2 Å². The molecule has 1 amide bonds. The van der Waals surface area contributed by atoms with E-state index in [2.05, 4.69) is 24.3 Å². The summed E-state index contributed by atoms with van der Waals surface area (Å²) in [4.78, 5) is 11.5. The van der Waals surface area contributed by atoms with Crippen molar-refractivity contribution in [2.24, 2.45) is 11.1 Å². The smallest absolute Gasteiger partial charge is 0.257 e. The van der Waals surface area contributed by atoms with Crippen LogP contribution in [0.1, 0.15) is 32.8 Å². The van der Waals surface area contributed by atoms with Gasteiger partial charge in [-0.1, -0.05) is 19.0 Å². The monoisotopic (exact) mass is 278 g/mol. The standard InChI is InChI=1S/C15H22N2O3/c1-11(2)8-9-16-15(18)10-20-14-6-4-13(5-7-14)12(3)17-19/h4-7,11,19H,8-10H2,1-3H3,(H,16,18). The predicted octanol–water partition coefficient (Wildman–Crippen LogP) is 2.43. The molecule has 20 heavy (non-hydrogen) atoms. The van der Waals surface area contributed by atoms with E-state index in [1.54, 1.807) is 31.2 Å². The van der Waals surface area contributed by atoms with E-state index in [0.717, 1.165) is 12.0 Å². The average molecular weight is 278 g/mol. The van der Waals surface area contributed by atoms with Gasteiger partial charge in [0.15, 0.2) is 6.61 Å². The van der Waals surface area contributed by atoms with Gasteiger partial charge in [-0.25, -0.2) is 0 Å². The summed E-state index contributed by atoms with van der Waals surface area (Å²) < 4.78 is 5.38. The zero-order valence-electron chi connectivity index (χ0n) is 12.2. The van der Waals surface area contributed by atoms with Crippen molar-refractivity contribution in [3.05, 3.63) is 29.8 Å². The Hall–Kier alpha value is -2.04. The van der Waals surface area contributed by atoms with Gasteiger partial charge in [0, 0.05) is 6.54 Å². The molecule has 1 rings (SSSR count). The minimum absolute atomic E-state index is 0.00448. The second-order valence-electron chi connectivity index (χ2n) is 5.03. The zero-order valence-corrected chi connectivity index (χ0v) is 12.2. The topological polar surface area (TPSA) is 70.9 Å². The zero-order chi connectivity index (χ0) is 15.0. The van der Waals surface area contributed by atoms with Crippen LogP contribution in [0, 0.1) is 5.92 Å².